The van der Waals surface area contributed by atoms with Crippen molar-refractivity contribution in [3.8, 4) is 11.5 Å². The van der Waals surface area contributed by atoms with Gasteiger partial charge in [0.25, 0.3) is 0 Å². The third-order valence-electron chi connectivity index (χ3n) is 5.98. The summed E-state index contributed by atoms with van der Waals surface area (Å²) < 4.78 is 5.92. The minimum Gasteiger partial charge on any atom is -0.504 e. The Morgan fingerprint density at radius 3 is 2.71 bits per heavy atom. The lowest BCUT2D eigenvalue weighted by Gasteiger charge is -2.56. The Morgan fingerprint density at radius 1 is 1.29 bits per heavy atom. The predicted octanol–water partition coefficient (Wildman–Crippen LogP) is 2.20. The van der Waals surface area contributed by atoms with Crippen LogP contribution in [0.5, 0.6) is 11.5 Å². The summed E-state index contributed by atoms with van der Waals surface area (Å²) in [6.07, 6.45) is 0.663. The number of phenolic OH excluding ortho intramolecular Hbond substituents is 1. The predicted molar refractivity (Wildman–Crippen MR) is 91.6 cm³/mol. The number of carbonyl (C=O) groups is 1. The number of aromatic hydroxyl groups is 1. The van der Waals surface area contributed by atoms with E-state index in [-0.39, 0.29) is 17.6 Å². The number of phenols is 1. The fourth-order valence-corrected chi connectivity index (χ4v) is 4.88. The van der Waals surface area contributed by atoms with Crippen molar-refractivity contribution in [2.45, 2.75) is 70.1 Å². The summed E-state index contributed by atoms with van der Waals surface area (Å²) in [4.78, 5) is 12.5. The van der Waals surface area contributed by atoms with Crippen LogP contribution >= 0.6 is 0 Å². The number of ketones is 1. The molecular formula is C19H27NO4. The van der Waals surface area contributed by atoms with Gasteiger partial charge in [0.2, 0.25) is 0 Å². The summed E-state index contributed by atoms with van der Waals surface area (Å²) in [5, 5.41) is 25.0. The SMILES string of the molecule is CC.Cc1ccc(O)c2c1C13CCNC(C)C1(O)CCC(=O)C3O2. The van der Waals surface area contributed by atoms with Crippen LogP contribution in [0, 0.1) is 6.92 Å². The Labute approximate surface area is 143 Å². The van der Waals surface area contributed by atoms with Crippen LogP contribution in [-0.2, 0) is 10.2 Å². The number of Topliss-reactive ketones (excluding diaryl/α,β-unsaturated/α-hetero) is 1. The molecule has 1 spiro atoms. The quantitative estimate of drug-likeness (QED) is 0.678. The average Bonchev–Trinajstić information content (AvgIpc) is 2.94. The molecule has 5 heteroatoms. The van der Waals surface area contributed by atoms with E-state index in [1.165, 1.54) is 0 Å². The number of hydrogen-bond donors (Lipinski definition) is 3. The van der Waals surface area contributed by atoms with Crippen LogP contribution in [-0.4, -0.2) is 40.3 Å². The summed E-state index contributed by atoms with van der Waals surface area (Å²) >= 11 is 0. The highest BCUT2D eigenvalue weighted by molar-refractivity contribution is 5.89. The zero-order valence-electron chi connectivity index (χ0n) is 14.8. The van der Waals surface area contributed by atoms with Gasteiger partial charge in [-0.3, -0.25) is 4.79 Å². The molecule has 3 aliphatic rings. The number of ether oxygens (including phenoxy) is 1. The van der Waals surface area contributed by atoms with E-state index in [4.69, 9.17) is 4.74 Å². The molecule has 5 nitrogen and oxygen atoms in total. The average molecular weight is 333 g/mol. The first-order valence-electron chi connectivity index (χ1n) is 8.90. The van der Waals surface area contributed by atoms with Crippen LogP contribution in [0.25, 0.3) is 0 Å². The molecule has 0 radical (unpaired) electrons. The van der Waals surface area contributed by atoms with E-state index in [1.807, 2.05) is 33.8 Å². The van der Waals surface area contributed by atoms with E-state index in [0.29, 0.717) is 31.6 Å². The van der Waals surface area contributed by atoms with Gasteiger partial charge < -0.3 is 20.3 Å². The molecule has 1 saturated carbocycles. The fraction of sp³-hybridized carbons (Fsp3) is 0.632. The molecule has 2 aliphatic heterocycles. The van der Waals surface area contributed by atoms with Gasteiger partial charge in [-0.2, -0.15) is 0 Å². The van der Waals surface area contributed by atoms with Crippen LogP contribution in [0.2, 0.25) is 0 Å². The molecule has 132 valence electrons. The van der Waals surface area contributed by atoms with Crippen molar-refractivity contribution in [1.82, 2.24) is 5.32 Å². The van der Waals surface area contributed by atoms with Gasteiger partial charge in [-0.25, -0.2) is 0 Å². The number of nitrogens with one attached hydrogen (secondary N) is 1. The van der Waals surface area contributed by atoms with Gasteiger partial charge in [0.05, 0.1) is 11.0 Å². The first-order valence-corrected chi connectivity index (χ1v) is 8.90. The number of aliphatic hydroxyl groups is 1. The molecule has 1 aliphatic carbocycles. The molecule has 2 heterocycles. The number of carbonyl (C=O) groups excluding carboxylic acids is 1. The van der Waals surface area contributed by atoms with Crippen LogP contribution < -0.4 is 10.1 Å². The second-order valence-electron chi connectivity index (χ2n) is 6.89. The number of piperidine rings is 1. The summed E-state index contributed by atoms with van der Waals surface area (Å²) in [6, 6.07) is 3.30. The normalized spacial score (nSPS) is 36.6. The van der Waals surface area contributed by atoms with E-state index in [2.05, 4.69) is 5.32 Å². The molecular weight excluding hydrogens is 306 g/mol. The Balaban J connectivity index is 0.000000815. The molecule has 4 rings (SSSR count). The first kappa shape index (κ1) is 17.2. The van der Waals surface area contributed by atoms with E-state index < -0.39 is 17.1 Å². The third-order valence-corrected chi connectivity index (χ3v) is 5.98. The van der Waals surface area contributed by atoms with Crippen LogP contribution in [0.3, 0.4) is 0 Å². The topological polar surface area (TPSA) is 78.8 Å². The zero-order chi connectivity index (χ0) is 17.7. The van der Waals surface area contributed by atoms with Gasteiger partial charge in [-0.05, 0) is 44.9 Å². The van der Waals surface area contributed by atoms with Crippen molar-refractivity contribution < 1.29 is 19.7 Å². The molecule has 2 fully saturated rings. The second-order valence-corrected chi connectivity index (χ2v) is 6.89. The number of fused-ring (bicyclic) bond motifs is 1. The smallest absolute Gasteiger partial charge is 0.174 e. The maximum atomic E-state index is 12.5. The van der Waals surface area contributed by atoms with E-state index in [9.17, 15) is 15.0 Å². The highest BCUT2D eigenvalue weighted by Crippen LogP contribution is 2.60. The zero-order valence-corrected chi connectivity index (χ0v) is 14.8. The number of hydrogen-bond acceptors (Lipinski definition) is 5. The number of aryl methyl sites for hydroxylation is 1. The van der Waals surface area contributed by atoms with Crippen molar-refractivity contribution in [3.05, 3.63) is 23.3 Å². The maximum absolute atomic E-state index is 12.5. The van der Waals surface area contributed by atoms with E-state index >= 15 is 0 Å². The van der Waals surface area contributed by atoms with Crippen molar-refractivity contribution >= 4 is 5.78 Å². The van der Waals surface area contributed by atoms with Crippen molar-refractivity contribution in [1.29, 1.82) is 0 Å². The van der Waals surface area contributed by atoms with Gasteiger partial charge in [-0.1, -0.05) is 19.9 Å². The molecule has 3 N–H and O–H groups in total. The molecule has 0 aromatic heterocycles. The largest absolute Gasteiger partial charge is 0.504 e. The minimum atomic E-state index is -1.05. The highest BCUT2D eigenvalue weighted by Gasteiger charge is 2.69. The molecule has 4 atom stereocenters. The van der Waals surface area contributed by atoms with Gasteiger partial charge >= 0.3 is 0 Å². The lowest BCUT2D eigenvalue weighted by molar-refractivity contribution is -0.162. The standard InChI is InChI=1S/C17H21NO4.C2H6/c1-9-3-4-11(19)14-13(9)16-7-8-18-10(2)17(16,21)6-5-12(20)15(16)22-14;1-2/h3-4,10,15,18-19,21H,5-8H2,1-2H3;1-2H3. The maximum Gasteiger partial charge on any atom is 0.174 e. The van der Waals surface area contributed by atoms with Gasteiger partial charge in [0.15, 0.2) is 23.4 Å². The van der Waals surface area contributed by atoms with E-state index in [1.54, 1.807) is 6.07 Å². The van der Waals surface area contributed by atoms with Crippen LogP contribution in [0.4, 0.5) is 0 Å². The molecule has 4 unspecified atom stereocenters. The molecule has 24 heavy (non-hydrogen) atoms. The Kier molecular flexibility index (Phi) is 4.12. The Hall–Kier alpha value is -1.59. The second kappa shape index (κ2) is 5.74. The minimum absolute atomic E-state index is 0.0220. The van der Waals surface area contributed by atoms with Crippen molar-refractivity contribution in [2.75, 3.05) is 6.54 Å². The number of benzene rings is 1. The van der Waals surface area contributed by atoms with Gasteiger partial charge in [-0.15, -0.1) is 0 Å². The van der Waals surface area contributed by atoms with Crippen LogP contribution in [0.15, 0.2) is 12.1 Å². The van der Waals surface area contributed by atoms with Gasteiger partial charge in [0, 0.05) is 18.0 Å². The summed E-state index contributed by atoms with van der Waals surface area (Å²) in [5.74, 6) is 0.451. The molecule has 1 aromatic rings. The molecule has 1 saturated heterocycles. The van der Waals surface area contributed by atoms with Crippen LogP contribution in [0.1, 0.15) is 51.2 Å². The summed E-state index contributed by atoms with van der Waals surface area (Å²) in [7, 11) is 0. The van der Waals surface area contributed by atoms with E-state index in [0.717, 1.165) is 11.1 Å². The lowest BCUT2D eigenvalue weighted by Crippen LogP contribution is -2.73. The molecule has 0 amide bonds. The number of rotatable bonds is 0. The highest BCUT2D eigenvalue weighted by atomic mass is 16.5. The van der Waals surface area contributed by atoms with Gasteiger partial charge in [0.1, 0.15) is 0 Å². The Morgan fingerprint density at radius 2 is 2.00 bits per heavy atom. The lowest BCUT2D eigenvalue weighted by atomic mass is 9.53. The van der Waals surface area contributed by atoms with Crippen molar-refractivity contribution in [2.24, 2.45) is 0 Å². The molecule has 1 aromatic carbocycles. The van der Waals surface area contributed by atoms with Crippen molar-refractivity contribution in [3.63, 3.8) is 0 Å². The summed E-state index contributed by atoms with van der Waals surface area (Å²) in [5.41, 5.74) is -0.0300. The summed E-state index contributed by atoms with van der Waals surface area (Å²) in [6.45, 7) is 8.63. The third kappa shape index (κ3) is 1.91. The first-order chi connectivity index (χ1) is 11.4. The Bertz CT molecular complexity index is 674. The fourth-order valence-electron chi connectivity index (χ4n) is 4.88. The molecule has 0 bridgehead atoms. The monoisotopic (exact) mass is 333 g/mol.